The van der Waals surface area contributed by atoms with Crippen molar-refractivity contribution in [2.45, 2.75) is 6.92 Å². The fraction of sp³-hybridized carbons (Fsp3) is 0.182. The predicted molar refractivity (Wildman–Crippen MR) is 51.7 cm³/mol. The molecule has 1 aromatic carbocycles. The Morgan fingerprint density at radius 3 is 2.36 bits per heavy atom. The topological polar surface area (TPSA) is 49.4 Å². The monoisotopic (exact) mass is 191 g/mol. The molecule has 0 aromatic heterocycles. The van der Waals surface area contributed by atoms with Gasteiger partial charge in [-0.25, -0.2) is 0 Å². The molecule has 0 saturated carbocycles. The molecule has 0 heterocycles. The predicted octanol–water partition coefficient (Wildman–Crippen LogP) is 0.848. The number of methoxy groups -OCH3 is 1. The Balaban J connectivity index is 2.92. The molecule has 1 aromatic rings. The van der Waals surface area contributed by atoms with E-state index in [1.54, 1.807) is 38.3 Å². The van der Waals surface area contributed by atoms with Crippen LogP contribution in [0.3, 0.4) is 0 Å². The largest absolute Gasteiger partial charge is 0.545 e. The number of rotatable bonds is 3. The fourth-order valence-electron chi connectivity index (χ4n) is 1.11. The maximum absolute atomic E-state index is 10.3. The van der Waals surface area contributed by atoms with Gasteiger partial charge in [-0.05, 0) is 36.3 Å². The number of carboxylic acids is 1. The van der Waals surface area contributed by atoms with Gasteiger partial charge in [0.25, 0.3) is 0 Å². The summed E-state index contributed by atoms with van der Waals surface area (Å²) in [5, 5.41) is 10.3. The van der Waals surface area contributed by atoms with Crippen molar-refractivity contribution in [3.8, 4) is 5.75 Å². The van der Waals surface area contributed by atoms with Gasteiger partial charge in [0.05, 0.1) is 13.1 Å². The Hall–Kier alpha value is -1.77. The molecule has 74 valence electrons. The van der Waals surface area contributed by atoms with Gasteiger partial charge in [0.1, 0.15) is 5.75 Å². The summed E-state index contributed by atoms with van der Waals surface area (Å²) in [4.78, 5) is 10.3. The minimum Gasteiger partial charge on any atom is -0.545 e. The Bertz CT molecular complexity index is 349. The zero-order valence-corrected chi connectivity index (χ0v) is 8.11. The molecule has 14 heavy (non-hydrogen) atoms. The summed E-state index contributed by atoms with van der Waals surface area (Å²) in [6.07, 6.45) is 1.07. The van der Waals surface area contributed by atoms with Gasteiger partial charge in [0.2, 0.25) is 0 Å². The maximum atomic E-state index is 10.3. The quantitative estimate of drug-likeness (QED) is 0.665. The van der Waals surface area contributed by atoms with Crippen LogP contribution in [0.15, 0.2) is 30.3 Å². The number of benzene rings is 1. The first-order valence-corrected chi connectivity index (χ1v) is 4.17. The van der Waals surface area contributed by atoms with E-state index in [1.165, 1.54) is 0 Å². The molecular formula is C11H11O3-. The standard InChI is InChI=1S/C11H12O3/c1-8(7-11(12)13)9-3-5-10(14-2)6-4-9/h3-7H,1-2H3,(H,12,13)/p-1/b8-7-. The van der Waals surface area contributed by atoms with Crippen LogP contribution in [-0.4, -0.2) is 13.1 Å². The highest BCUT2D eigenvalue weighted by Crippen LogP contribution is 2.17. The maximum Gasteiger partial charge on any atom is 0.118 e. The van der Waals surface area contributed by atoms with E-state index < -0.39 is 5.97 Å². The second kappa shape index (κ2) is 4.46. The average molecular weight is 191 g/mol. The van der Waals surface area contributed by atoms with Crippen molar-refractivity contribution in [2.24, 2.45) is 0 Å². The van der Waals surface area contributed by atoms with Gasteiger partial charge in [-0.15, -0.1) is 0 Å². The highest BCUT2D eigenvalue weighted by molar-refractivity contribution is 5.88. The first kappa shape index (κ1) is 10.3. The van der Waals surface area contributed by atoms with Gasteiger partial charge in [-0.2, -0.15) is 0 Å². The zero-order chi connectivity index (χ0) is 10.6. The molecule has 1 rings (SSSR count). The van der Waals surface area contributed by atoms with Crippen LogP contribution in [0.2, 0.25) is 0 Å². The van der Waals surface area contributed by atoms with Crippen molar-refractivity contribution in [3.05, 3.63) is 35.9 Å². The third-order valence-corrected chi connectivity index (χ3v) is 1.88. The summed E-state index contributed by atoms with van der Waals surface area (Å²) in [7, 11) is 1.58. The van der Waals surface area contributed by atoms with Crippen LogP contribution in [0.25, 0.3) is 5.57 Å². The summed E-state index contributed by atoms with van der Waals surface area (Å²) < 4.78 is 4.98. The minimum absolute atomic E-state index is 0.660. The lowest BCUT2D eigenvalue weighted by Gasteiger charge is -2.04. The number of ether oxygens (including phenoxy) is 1. The Morgan fingerprint density at radius 1 is 1.36 bits per heavy atom. The highest BCUT2D eigenvalue weighted by Gasteiger charge is 1.95. The van der Waals surface area contributed by atoms with Crippen LogP contribution >= 0.6 is 0 Å². The average Bonchev–Trinajstić information content (AvgIpc) is 2.17. The summed E-state index contributed by atoms with van der Waals surface area (Å²) in [5.41, 5.74) is 1.50. The van der Waals surface area contributed by atoms with Crippen LogP contribution in [0.4, 0.5) is 0 Å². The van der Waals surface area contributed by atoms with E-state index in [-0.39, 0.29) is 0 Å². The molecule has 0 aliphatic heterocycles. The lowest BCUT2D eigenvalue weighted by atomic mass is 10.1. The molecule has 0 unspecified atom stereocenters. The van der Waals surface area contributed by atoms with Crippen molar-refractivity contribution >= 4 is 11.5 Å². The lowest BCUT2D eigenvalue weighted by molar-refractivity contribution is -0.297. The van der Waals surface area contributed by atoms with Crippen LogP contribution in [0.5, 0.6) is 5.75 Å². The van der Waals surface area contributed by atoms with Gasteiger partial charge in [-0.1, -0.05) is 12.1 Å². The molecule has 3 nitrogen and oxygen atoms in total. The molecule has 0 saturated heterocycles. The molecule has 0 atom stereocenters. The third kappa shape index (κ3) is 2.62. The Morgan fingerprint density at radius 2 is 1.93 bits per heavy atom. The molecule has 3 heteroatoms. The molecular weight excluding hydrogens is 180 g/mol. The fourth-order valence-corrected chi connectivity index (χ4v) is 1.11. The molecule has 0 fully saturated rings. The molecule has 0 radical (unpaired) electrons. The number of aliphatic carboxylic acids is 1. The highest BCUT2D eigenvalue weighted by atomic mass is 16.5. The van der Waals surface area contributed by atoms with Gasteiger partial charge in [-0.3, -0.25) is 0 Å². The molecule has 0 bridgehead atoms. The van der Waals surface area contributed by atoms with E-state index >= 15 is 0 Å². The molecule has 0 aliphatic carbocycles. The van der Waals surface area contributed by atoms with Crippen LogP contribution in [-0.2, 0) is 4.79 Å². The van der Waals surface area contributed by atoms with Crippen molar-refractivity contribution in [1.29, 1.82) is 0 Å². The number of allylic oxidation sites excluding steroid dienone is 1. The number of carbonyl (C=O) groups excluding carboxylic acids is 1. The summed E-state index contributed by atoms with van der Waals surface area (Å²) >= 11 is 0. The van der Waals surface area contributed by atoms with Crippen LogP contribution in [0, 0.1) is 0 Å². The van der Waals surface area contributed by atoms with Gasteiger partial charge >= 0.3 is 0 Å². The summed E-state index contributed by atoms with van der Waals surface area (Å²) in [6.45, 7) is 1.72. The zero-order valence-electron chi connectivity index (χ0n) is 8.11. The van der Waals surface area contributed by atoms with Crippen LogP contribution in [0.1, 0.15) is 12.5 Å². The number of hydrogen-bond acceptors (Lipinski definition) is 3. The molecule has 0 spiro atoms. The van der Waals surface area contributed by atoms with E-state index in [4.69, 9.17) is 4.74 Å². The number of carbonyl (C=O) groups is 1. The Kier molecular flexibility index (Phi) is 3.29. The van der Waals surface area contributed by atoms with Crippen LogP contribution < -0.4 is 9.84 Å². The summed E-state index contributed by atoms with van der Waals surface area (Å²) in [5.74, 6) is -0.437. The van der Waals surface area contributed by atoms with Crippen molar-refractivity contribution in [2.75, 3.05) is 7.11 Å². The van der Waals surface area contributed by atoms with E-state index in [0.29, 0.717) is 5.57 Å². The first-order chi connectivity index (χ1) is 6.63. The molecule has 0 amide bonds. The second-order valence-corrected chi connectivity index (χ2v) is 2.87. The van der Waals surface area contributed by atoms with Crippen molar-refractivity contribution in [3.63, 3.8) is 0 Å². The van der Waals surface area contributed by atoms with E-state index in [9.17, 15) is 9.90 Å². The van der Waals surface area contributed by atoms with E-state index in [2.05, 4.69) is 0 Å². The molecule has 0 N–H and O–H groups in total. The number of carboxylic acid groups (broad SMARTS) is 1. The number of hydrogen-bond donors (Lipinski definition) is 0. The minimum atomic E-state index is -1.18. The van der Waals surface area contributed by atoms with Gasteiger partial charge < -0.3 is 14.6 Å². The van der Waals surface area contributed by atoms with Gasteiger partial charge in [0.15, 0.2) is 0 Å². The van der Waals surface area contributed by atoms with Crippen molar-refractivity contribution < 1.29 is 14.6 Å². The summed E-state index contributed by atoms with van der Waals surface area (Å²) in [6, 6.07) is 7.16. The third-order valence-electron chi connectivity index (χ3n) is 1.88. The first-order valence-electron chi connectivity index (χ1n) is 4.17. The van der Waals surface area contributed by atoms with Crippen molar-refractivity contribution in [1.82, 2.24) is 0 Å². The SMILES string of the molecule is COc1ccc(/C(C)=C\C(=O)[O-])cc1. The van der Waals surface area contributed by atoms with Gasteiger partial charge in [0, 0.05) is 0 Å². The normalized spacial score (nSPS) is 11.1. The van der Waals surface area contributed by atoms with E-state index in [1.807, 2.05) is 0 Å². The second-order valence-electron chi connectivity index (χ2n) is 2.87. The molecule has 0 aliphatic rings. The lowest BCUT2D eigenvalue weighted by Crippen LogP contribution is -2.19. The van der Waals surface area contributed by atoms with E-state index in [0.717, 1.165) is 17.4 Å². The Labute approximate surface area is 82.6 Å². The smallest absolute Gasteiger partial charge is 0.118 e.